The molecule has 0 fully saturated rings. The molecule has 156 valence electrons. The first-order valence-electron chi connectivity index (χ1n) is 8.74. The Morgan fingerprint density at radius 3 is 2.23 bits per heavy atom. The zero-order valence-corrected chi connectivity index (χ0v) is 16.6. The Morgan fingerprint density at radius 1 is 0.900 bits per heavy atom. The van der Waals surface area contributed by atoms with E-state index in [0.717, 1.165) is 46.3 Å². The van der Waals surface area contributed by atoms with E-state index in [-0.39, 0.29) is 17.1 Å². The molecule has 0 aliphatic carbocycles. The van der Waals surface area contributed by atoms with E-state index < -0.39 is 38.9 Å². The van der Waals surface area contributed by atoms with Crippen molar-refractivity contribution >= 4 is 21.6 Å². The van der Waals surface area contributed by atoms with Crippen LogP contribution < -0.4 is 5.32 Å². The summed E-state index contributed by atoms with van der Waals surface area (Å²) in [6.07, 6.45) is 0. The molecule has 1 N–H and O–H groups in total. The maximum atomic E-state index is 14.2. The summed E-state index contributed by atoms with van der Waals surface area (Å²) in [5.74, 6) is -4.25. The molecule has 3 rings (SSSR count). The van der Waals surface area contributed by atoms with Gasteiger partial charge >= 0.3 is 0 Å². The Labute approximate surface area is 171 Å². The Morgan fingerprint density at radius 2 is 1.57 bits per heavy atom. The number of nitrogens with one attached hydrogen (secondary N) is 1. The highest BCUT2D eigenvalue weighted by atomic mass is 32.2. The summed E-state index contributed by atoms with van der Waals surface area (Å²) in [5.41, 5.74) is 0.101. The van der Waals surface area contributed by atoms with Gasteiger partial charge in [0, 0.05) is 25.3 Å². The number of hydrogen-bond donors (Lipinski definition) is 1. The predicted octanol–water partition coefficient (Wildman–Crippen LogP) is 4.18. The van der Waals surface area contributed by atoms with Crippen LogP contribution in [0, 0.1) is 17.5 Å². The fourth-order valence-corrected chi connectivity index (χ4v) is 3.90. The summed E-state index contributed by atoms with van der Waals surface area (Å²) in [7, 11) is -2.65. The maximum absolute atomic E-state index is 14.2. The zero-order valence-electron chi connectivity index (χ0n) is 15.8. The smallest absolute Gasteiger partial charge is 0.258 e. The van der Waals surface area contributed by atoms with Gasteiger partial charge in [0.1, 0.15) is 5.82 Å². The first-order chi connectivity index (χ1) is 14.2. The SMILES string of the molecule is CN(Cc1ccccc1)S(=O)(=O)c1ccc(F)c(C(=O)Nc2ccc(F)c(F)c2)c1. The second-order valence-electron chi connectivity index (χ2n) is 6.47. The maximum Gasteiger partial charge on any atom is 0.258 e. The number of halogens is 3. The largest absolute Gasteiger partial charge is 0.322 e. The number of carbonyl (C=O) groups excluding carboxylic acids is 1. The molecule has 0 radical (unpaired) electrons. The minimum Gasteiger partial charge on any atom is -0.322 e. The second kappa shape index (κ2) is 8.68. The van der Waals surface area contributed by atoms with Crippen LogP contribution in [-0.2, 0) is 16.6 Å². The molecule has 5 nitrogen and oxygen atoms in total. The molecular formula is C21H17F3N2O3S. The van der Waals surface area contributed by atoms with Crippen LogP contribution in [0.2, 0.25) is 0 Å². The van der Waals surface area contributed by atoms with E-state index in [1.54, 1.807) is 30.3 Å². The fraction of sp³-hybridized carbons (Fsp3) is 0.0952. The molecule has 0 aliphatic heterocycles. The Bertz CT molecular complexity index is 1190. The lowest BCUT2D eigenvalue weighted by atomic mass is 10.2. The highest BCUT2D eigenvalue weighted by Crippen LogP contribution is 2.21. The van der Waals surface area contributed by atoms with Gasteiger partial charge in [-0.2, -0.15) is 4.31 Å². The highest BCUT2D eigenvalue weighted by molar-refractivity contribution is 7.89. The molecule has 0 atom stereocenters. The normalized spacial score (nSPS) is 11.5. The molecule has 0 bridgehead atoms. The lowest BCUT2D eigenvalue weighted by Crippen LogP contribution is -2.27. The number of nitrogens with zero attached hydrogens (tertiary/aromatic N) is 1. The van der Waals surface area contributed by atoms with E-state index in [1.165, 1.54) is 7.05 Å². The molecule has 0 saturated carbocycles. The molecule has 30 heavy (non-hydrogen) atoms. The van der Waals surface area contributed by atoms with Crippen molar-refractivity contribution in [2.45, 2.75) is 11.4 Å². The first kappa shape index (κ1) is 21.5. The van der Waals surface area contributed by atoms with E-state index in [2.05, 4.69) is 5.32 Å². The van der Waals surface area contributed by atoms with Crippen molar-refractivity contribution in [2.24, 2.45) is 0 Å². The van der Waals surface area contributed by atoms with Crippen LogP contribution in [0.5, 0.6) is 0 Å². The molecule has 9 heteroatoms. The lowest BCUT2D eigenvalue weighted by molar-refractivity contribution is 0.102. The first-order valence-corrected chi connectivity index (χ1v) is 10.2. The highest BCUT2D eigenvalue weighted by Gasteiger charge is 2.24. The number of rotatable bonds is 6. The lowest BCUT2D eigenvalue weighted by Gasteiger charge is -2.18. The fourth-order valence-electron chi connectivity index (χ4n) is 2.72. The van der Waals surface area contributed by atoms with Crippen molar-refractivity contribution in [3.05, 3.63) is 95.3 Å². The van der Waals surface area contributed by atoms with Gasteiger partial charge in [0.2, 0.25) is 10.0 Å². The van der Waals surface area contributed by atoms with Crippen molar-refractivity contribution in [3.8, 4) is 0 Å². The number of amides is 1. The van der Waals surface area contributed by atoms with Gasteiger partial charge in [0.15, 0.2) is 11.6 Å². The van der Waals surface area contributed by atoms with Gasteiger partial charge in [0.05, 0.1) is 10.5 Å². The number of anilines is 1. The average Bonchev–Trinajstić information content (AvgIpc) is 2.71. The summed E-state index contributed by atoms with van der Waals surface area (Å²) < 4.78 is 67.3. The van der Waals surface area contributed by atoms with Crippen molar-refractivity contribution < 1.29 is 26.4 Å². The van der Waals surface area contributed by atoms with E-state index in [9.17, 15) is 26.4 Å². The number of carbonyl (C=O) groups is 1. The van der Waals surface area contributed by atoms with Crippen LogP contribution in [0.3, 0.4) is 0 Å². The summed E-state index contributed by atoms with van der Waals surface area (Å²) in [6, 6.07) is 14.3. The number of sulfonamides is 1. The van der Waals surface area contributed by atoms with Crippen molar-refractivity contribution in [2.75, 3.05) is 12.4 Å². The van der Waals surface area contributed by atoms with Crippen LogP contribution in [0.25, 0.3) is 0 Å². The Kier molecular flexibility index (Phi) is 6.23. The monoisotopic (exact) mass is 434 g/mol. The van der Waals surface area contributed by atoms with E-state index in [4.69, 9.17) is 0 Å². The molecule has 0 saturated heterocycles. The van der Waals surface area contributed by atoms with Crippen molar-refractivity contribution in [3.63, 3.8) is 0 Å². The summed E-state index contributed by atoms with van der Waals surface area (Å²) >= 11 is 0. The van der Waals surface area contributed by atoms with Crippen LogP contribution in [-0.4, -0.2) is 25.7 Å². The Hall–Kier alpha value is -3.17. The predicted molar refractivity (Wildman–Crippen MR) is 106 cm³/mol. The zero-order chi connectivity index (χ0) is 21.9. The molecule has 0 aliphatic rings. The third-order valence-corrected chi connectivity index (χ3v) is 6.12. The molecule has 0 aromatic heterocycles. The van der Waals surface area contributed by atoms with E-state index in [0.29, 0.717) is 0 Å². The van der Waals surface area contributed by atoms with Crippen LogP contribution in [0.15, 0.2) is 71.6 Å². The van der Waals surface area contributed by atoms with Gasteiger partial charge in [0.25, 0.3) is 5.91 Å². The molecule has 1 amide bonds. The molecular weight excluding hydrogens is 417 g/mol. The van der Waals surface area contributed by atoms with Gasteiger partial charge in [-0.05, 0) is 35.9 Å². The van der Waals surface area contributed by atoms with Crippen LogP contribution in [0.1, 0.15) is 15.9 Å². The minimum atomic E-state index is -4.02. The van der Waals surface area contributed by atoms with Gasteiger partial charge in [-0.1, -0.05) is 30.3 Å². The standard InChI is InChI=1S/C21H17F3N2O3S/c1-26(13-14-5-3-2-4-6-14)30(28,29)16-8-10-18(22)17(12-16)21(27)25-15-7-9-19(23)20(24)11-15/h2-12H,13H2,1H3,(H,25,27). The summed E-state index contributed by atoms with van der Waals surface area (Å²) in [4.78, 5) is 12.1. The van der Waals surface area contributed by atoms with Crippen LogP contribution >= 0.6 is 0 Å². The third-order valence-electron chi connectivity index (χ3n) is 4.32. The van der Waals surface area contributed by atoms with Gasteiger partial charge in [-0.25, -0.2) is 21.6 Å². The number of hydrogen-bond acceptors (Lipinski definition) is 3. The van der Waals surface area contributed by atoms with Gasteiger partial charge < -0.3 is 5.32 Å². The number of benzene rings is 3. The van der Waals surface area contributed by atoms with Crippen molar-refractivity contribution in [1.29, 1.82) is 0 Å². The summed E-state index contributed by atoms with van der Waals surface area (Å²) in [6.45, 7) is 0.0803. The molecule has 3 aromatic rings. The minimum absolute atomic E-state index is 0.0803. The molecule has 0 unspecified atom stereocenters. The molecule has 0 spiro atoms. The van der Waals surface area contributed by atoms with Gasteiger partial charge in [-0.3, -0.25) is 4.79 Å². The van der Waals surface area contributed by atoms with Crippen LogP contribution in [0.4, 0.5) is 18.9 Å². The molecule has 0 heterocycles. The van der Waals surface area contributed by atoms with Crippen molar-refractivity contribution in [1.82, 2.24) is 4.31 Å². The molecule has 3 aromatic carbocycles. The van der Waals surface area contributed by atoms with Gasteiger partial charge in [-0.15, -0.1) is 0 Å². The third kappa shape index (κ3) is 4.69. The topological polar surface area (TPSA) is 66.5 Å². The Balaban J connectivity index is 1.86. The average molecular weight is 434 g/mol. The van der Waals surface area contributed by atoms with E-state index in [1.807, 2.05) is 0 Å². The summed E-state index contributed by atoms with van der Waals surface area (Å²) in [5, 5.41) is 2.22. The quantitative estimate of drug-likeness (QED) is 0.633. The second-order valence-corrected chi connectivity index (χ2v) is 8.52. The van der Waals surface area contributed by atoms with E-state index >= 15 is 0 Å².